The van der Waals surface area contributed by atoms with Crippen LogP contribution in [0.4, 0.5) is 0 Å². The molecule has 1 heterocycles. The molecular formula is C20H15NO4. The summed E-state index contributed by atoms with van der Waals surface area (Å²) in [4.78, 5) is 42.1. The molecule has 0 bridgehead atoms. The van der Waals surface area contributed by atoms with Gasteiger partial charge in [-0.05, 0) is 30.5 Å². The maximum absolute atomic E-state index is 12.9. The van der Waals surface area contributed by atoms with Gasteiger partial charge in [0.15, 0.2) is 11.7 Å². The van der Waals surface area contributed by atoms with Crippen LogP contribution in [-0.2, 0) is 14.3 Å². The molecule has 4 rings (SSSR count). The van der Waals surface area contributed by atoms with Gasteiger partial charge in [-0.15, -0.1) is 0 Å². The van der Waals surface area contributed by atoms with Crippen LogP contribution in [-0.4, -0.2) is 24.3 Å². The number of ketones is 1. The summed E-state index contributed by atoms with van der Waals surface area (Å²) in [6, 6.07) is 10.6. The third-order valence-electron chi connectivity index (χ3n) is 4.64. The number of rotatable bonds is 2. The molecule has 1 unspecified atom stereocenters. The molecule has 1 atom stereocenters. The van der Waals surface area contributed by atoms with Crippen LogP contribution >= 0.6 is 0 Å². The van der Waals surface area contributed by atoms with Crippen molar-refractivity contribution >= 4 is 23.2 Å². The predicted molar refractivity (Wildman–Crippen MR) is 89.5 cm³/mol. The standard InChI is InChI=1S/C20H15NO4/c1-3-25-20(24)16-14-11-6-4-5-7-12(11)18(22)13-9-8-10(2)17(15(13)14)21-19(16)23/h4-9,16H,3H2,1-2H3. The van der Waals surface area contributed by atoms with Crippen molar-refractivity contribution in [3.8, 4) is 0 Å². The number of benzene rings is 2. The maximum atomic E-state index is 12.9. The van der Waals surface area contributed by atoms with Crippen molar-refractivity contribution in [2.24, 2.45) is 10.9 Å². The first-order valence-corrected chi connectivity index (χ1v) is 8.11. The Morgan fingerprint density at radius 1 is 1.08 bits per heavy atom. The molecule has 0 saturated heterocycles. The number of carbonyl (C=O) groups is 3. The first-order valence-electron chi connectivity index (χ1n) is 8.11. The minimum absolute atomic E-state index is 0.122. The number of aryl methyl sites for hydroxylation is 1. The molecule has 0 fully saturated rings. The van der Waals surface area contributed by atoms with Gasteiger partial charge in [0.05, 0.1) is 12.0 Å². The fourth-order valence-electron chi connectivity index (χ4n) is 3.54. The Bertz CT molecular complexity index is 1080. The monoisotopic (exact) mass is 333 g/mol. The fourth-order valence-corrected chi connectivity index (χ4v) is 3.54. The highest BCUT2D eigenvalue weighted by atomic mass is 16.5. The lowest BCUT2D eigenvalue weighted by Gasteiger charge is -2.26. The summed E-state index contributed by atoms with van der Waals surface area (Å²) in [5.74, 6) is -2.44. The number of hydrogen-bond acceptors (Lipinski definition) is 4. The molecule has 0 N–H and O–H groups in total. The molecule has 2 aliphatic rings. The van der Waals surface area contributed by atoms with Crippen LogP contribution in [0.2, 0.25) is 0 Å². The van der Waals surface area contributed by atoms with E-state index in [4.69, 9.17) is 4.74 Å². The molecule has 124 valence electrons. The van der Waals surface area contributed by atoms with Gasteiger partial charge in [-0.3, -0.25) is 14.4 Å². The Morgan fingerprint density at radius 2 is 1.80 bits per heavy atom. The van der Waals surface area contributed by atoms with E-state index in [2.05, 4.69) is 4.99 Å². The molecule has 2 aromatic rings. The van der Waals surface area contributed by atoms with Gasteiger partial charge in [0.25, 0.3) is 5.91 Å². The van der Waals surface area contributed by atoms with Gasteiger partial charge in [0.2, 0.25) is 0 Å². The molecule has 0 saturated carbocycles. The van der Waals surface area contributed by atoms with E-state index in [0.717, 1.165) is 5.56 Å². The van der Waals surface area contributed by atoms with Crippen LogP contribution in [0.5, 0.6) is 0 Å². The van der Waals surface area contributed by atoms with Gasteiger partial charge in [-0.25, -0.2) is 4.99 Å². The molecule has 5 nitrogen and oxygen atoms in total. The van der Waals surface area contributed by atoms with Crippen LogP contribution in [0.25, 0.3) is 5.57 Å². The summed E-state index contributed by atoms with van der Waals surface area (Å²) in [5.41, 5.74) is 2.89. The zero-order chi connectivity index (χ0) is 17.7. The smallest absolute Gasteiger partial charge is 0.323 e. The number of esters is 1. The fraction of sp³-hybridized carbons (Fsp3) is 0.200. The number of ether oxygens (including phenoxy) is 1. The van der Waals surface area contributed by atoms with E-state index in [1.165, 1.54) is 0 Å². The summed E-state index contributed by atoms with van der Waals surface area (Å²) in [6.07, 6.45) is 0. The molecule has 0 radical (unpaired) electrons. The van der Waals surface area contributed by atoms with E-state index in [1.807, 2.05) is 6.92 Å². The molecule has 5 heteroatoms. The summed E-state index contributed by atoms with van der Waals surface area (Å²) in [6.45, 7) is 3.69. The van der Waals surface area contributed by atoms with Gasteiger partial charge < -0.3 is 4.74 Å². The van der Waals surface area contributed by atoms with Crippen molar-refractivity contribution in [1.82, 2.24) is 0 Å². The third kappa shape index (κ3) is 2.09. The van der Waals surface area contributed by atoms with Crippen molar-refractivity contribution < 1.29 is 19.1 Å². The van der Waals surface area contributed by atoms with Crippen LogP contribution < -0.4 is 10.6 Å². The summed E-state index contributed by atoms with van der Waals surface area (Å²) in [7, 11) is 0. The Labute approximate surface area is 143 Å². The highest BCUT2D eigenvalue weighted by molar-refractivity contribution is 6.19. The number of fused-ring (bicyclic) bond motifs is 2. The number of nitrogens with zero attached hydrogens (tertiary/aromatic N) is 1. The van der Waals surface area contributed by atoms with Gasteiger partial charge in [0.1, 0.15) is 0 Å². The SMILES string of the molecule is CCOC(=O)C1C(=O)N=c2c(C)ccc3c2=C1c1ccccc1C3=O. The van der Waals surface area contributed by atoms with Gasteiger partial charge in [-0.2, -0.15) is 0 Å². The number of carbonyl (C=O) groups excluding carboxylic acids is 3. The summed E-state index contributed by atoms with van der Waals surface area (Å²) >= 11 is 0. The second-order valence-electron chi connectivity index (χ2n) is 6.08. The Morgan fingerprint density at radius 3 is 2.52 bits per heavy atom. The molecular weight excluding hydrogens is 318 g/mol. The topological polar surface area (TPSA) is 72.8 Å². The highest BCUT2D eigenvalue weighted by Crippen LogP contribution is 2.31. The van der Waals surface area contributed by atoms with E-state index in [1.54, 1.807) is 43.3 Å². The molecule has 0 spiro atoms. The lowest BCUT2D eigenvalue weighted by molar-refractivity contribution is -0.148. The van der Waals surface area contributed by atoms with E-state index < -0.39 is 17.8 Å². The summed E-state index contributed by atoms with van der Waals surface area (Å²) < 4.78 is 5.11. The zero-order valence-electron chi connectivity index (χ0n) is 13.8. The van der Waals surface area contributed by atoms with Gasteiger partial charge in [0, 0.05) is 16.3 Å². The lowest BCUT2D eigenvalue weighted by atomic mass is 9.78. The molecule has 25 heavy (non-hydrogen) atoms. The molecule has 1 aliphatic heterocycles. The summed E-state index contributed by atoms with van der Waals surface area (Å²) in [5, 5.41) is 1.06. The largest absolute Gasteiger partial charge is 0.465 e. The molecule has 2 aromatic carbocycles. The first-order chi connectivity index (χ1) is 12.0. The van der Waals surface area contributed by atoms with E-state index >= 15 is 0 Å². The van der Waals surface area contributed by atoms with Crippen LogP contribution in [0.3, 0.4) is 0 Å². The van der Waals surface area contributed by atoms with Crippen molar-refractivity contribution in [2.45, 2.75) is 13.8 Å². The normalized spacial score (nSPS) is 17.5. The number of amides is 1. The van der Waals surface area contributed by atoms with Gasteiger partial charge >= 0.3 is 5.97 Å². The van der Waals surface area contributed by atoms with Crippen LogP contribution in [0.1, 0.15) is 34.0 Å². The Balaban J connectivity index is 2.19. The van der Waals surface area contributed by atoms with Crippen LogP contribution in [0.15, 0.2) is 41.4 Å². The molecule has 0 aromatic heterocycles. The molecule has 1 amide bonds. The lowest BCUT2D eigenvalue weighted by Crippen LogP contribution is -2.47. The highest BCUT2D eigenvalue weighted by Gasteiger charge is 2.40. The molecule has 1 aliphatic carbocycles. The second kappa shape index (κ2) is 5.48. The van der Waals surface area contributed by atoms with E-state index in [-0.39, 0.29) is 12.4 Å². The van der Waals surface area contributed by atoms with Gasteiger partial charge in [-0.1, -0.05) is 36.4 Å². The average molecular weight is 333 g/mol. The minimum atomic E-state index is -1.14. The van der Waals surface area contributed by atoms with E-state index in [0.29, 0.717) is 32.8 Å². The van der Waals surface area contributed by atoms with Crippen molar-refractivity contribution in [2.75, 3.05) is 6.61 Å². The van der Waals surface area contributed by atoms with Crippen molar-refractivity contribution in [1.29, 1.82) is 0 Å². The second-order valence-corrected chi connectivity index (χ2v) is 6.08. The van der Waals surface area contributed by atoms with Crippen molar-refractivity contribution in [3.63, 3.8) is 0 Å². The number of hydrogen-bond donors (Lipinski definition) is 0. The van der Waals surface area contributed by atoms with Crippen LogP contribution in [0, 0.1) is 12.8 Å². The minimum Gasteiger partial charge on any atom is -0.465 e. The maximum Gasteiger partial charge on any atom is 0.323 e. The zero-order valence-corrected chi connectivity index (χ0v) is 13.8. The third-order valence-corrected chi connectivity index (χ3v) is 4.64. The Hall–Kier alpha value is -3.08. The average Bonchev–Trinajstić information content (AvgIpc) is 2.60. The Kier molecular flexibility index (Phi) is 3.39. The van der Waals surface area contributed by atoms with E-state index in [9.17, 15) is 14.4 Å². The van der Waals surface area contributed by atoms with Crippen molar-refractivity contribution in [3.05, 3.63) is 69.2 Å². The predicted octanol–water partition coefficient (Wildman–Crippen LogP) is 1.08. The first kappa shape index (κ1) is 15.4. The quantitative estimate of drug-likeness (QED) is 0.609.